The van der Waals surface area contributed by atoms with E-state index in [-0.39, 0.29) is 0 Å². The topological polar surface area (TPSA) is 101 Å². The Morgan fingerprint density at radius 2 is 1.88 bits per heavy atom. The normalized spacial score (nSPS) is 14.8. The van der Waals surface area contributed by atoms with Crippen LogP contribution in [0.5, 0.6) is 0 Å². The van der Waals surface area contributed by atoms with Gasteiger partial charge in [0.25, 0.3) is 0 Å². The molecule has 1 aliphatic heterocycles. The van der Waals surface area contributed by atoms with E-state index in [1.165, 1.54) is 6.33 Å². The minimum Gasteiger partial charge on any atom is -0.379 e. The van der Waals surface area contributed by atoms with Crippen molar-refractivity contribution in [3.05, 3.63) is 42.5 Å². The highest BCUT2D eigenvalue weighted by molar-refractivity contribution is 6.39. The summed E-state index contributed by atoms with van der Waals surface area (Å²) in [5.74, 6) is -1.30. The summed E-state index contributed by atoms with van der Waals surface area (Å²) >= 11 is 0. The van der Waals surface area contributed by atoms with E-state index in [1.54, 1.807) is 23.1 Å². The second kappa shape index (κ2) is 9.07. The van der Waals surface area contributed by atoms with Gasteiger partial charge in [-0.1, -0.05) is 12.1 Å². The summed E-state index contributed by atoms with van der Waals surface area (Å²) in [6.07, 6.45) is 3.11. The van der Waals surface area contributed by atoms with Crippen molar-refractivity contribution in [3.63, 3.8) is 0 Å². The number of aromatic nitrogens is 3. The van der Waals surface area contributed by atoms with E-state index in [1.807, 2.05) is 12.1 Å². The average molecular weight is 358 g/mol. The maximum atomic E-state index is 12.0. The minimum atomic E-state index is -0.670. The summed E-state index contributed by atoms with van der Waals surface area (Å²) in [5, 5.41) is 9.28. The zero-order valence-electron chi connectivity index (χ0n) is 14.4. The molecule has 2 heterocycles. The standard InChI is InChI=1S/C17H22N6O3/c24-16(19-5-6-22-7-9-26-10-8-22)17(25)21-15-3-1-14(2-4-15)11-23-13-18-12-20-23/h1-4,12-13H,5-11H2,(H,19,24)(H,21,25). The maximum absolute atomic E-state index is 12.0. The van der Waals surface area contributed by atoms with Gasteiger partial charge in [0.15, 0.2) is 0 Å². The first-order valence-electron chi connectivity index (χ1n) is 8.51. The minimum absolute atomic E-state index is 0.434. The molecule has 138 valence electrons. The van der Waals surface area contributed by atoms with Gasteiger partial charge in [-0.2, -0.15) is 5.10 Å². The summed E-state index contributed by atoms with van der Waals surface area (Å²) in [7, 11) is 0. The molecule has 0 aliphatic carbocycles. The summed E-state index contributed by atoms with van der Waals surface area (Å²) in [6, 6.07) is 7.25. The number of nitrogens with one attached hydrogen (secondary N) is 2. The highest BCUT2D eigenvalue weighted by Crippen LogP contribution is 2.10. The number of morpholine rings is 1. The number of benzene rings is 1. The number of carbonyl (C=O) groups is 2. The zero-order valence-corrected chi connectivity index (χ0v) is 14.4. The highest BCUT2D eigenvalue weighted by Gasteiger charge is 2.15. The molecule has 1 aromatic carbocycles. The molecule has 9 heteroatoms. The smallest absolute Gasteiger partial charge is 0.313 e. The van der Waals surface area contributed by atoms with Crippen LogP contribution in [0.3, 0.4) is 0 Å². The molecule has 0 saturated carbocycles. The van der Waals surface area contributed by atoms with Gasteiger partial charge < -0.3 is 15.4 Å². The van der Waals surface area contributed by atoms with Gasteiger partial charge >= 0.3 is 11.8 Å². The van der Waals surface area contributed by atoms with Gasteiger partial charge in [-0.05, 0) is 17.7 Å². The number of hydrogen-bond donors (Lipinski definition) is 2. The van der Waals surface area contributed by atoms with Crippen LogP contribution >= 0.6 is 0 Å². The lowest BCUT2D eigenvalue weighted by molar-refractivity contribution is -0.136. The van der Waals surface area contributed by atoms with Crippen molar-refractivity contribution in [2.45, 2.75) is 6.54 Å². The second-order valence-corrected chi connectivity index (χ2v) is 5.95. The molecule has 9 nitrogen and oxygen atoms in total. The molecule has 0 atom stereocenters. The van der Waals surface area contributed by atoms with Crippen molar-refractivity contribution in [2.24, 2.45) is 0 Å². The van der Waals surface area contributed by atoms with Gasteiger partial charge in [0.05, 0.1) is 19.8 Å². The molecule has 3 rings (SSSR count). The van der Waals surface area contributed by atoms with Crippen molar-refractivity contribution >= 4 is 17.5 Å². The molecule has 2 N–H and O–H groups in total. The Kier molecular flexibility index (Phi) is 6.29. The zero-order chi connectivity index (χ0) is 18.2. The Hall–Kier alpha value is -2.78. The van der Waals surface area contributed by atoms with Gasteiger partial charge in [-0.15, -0.1) is 0 Å². The predicted octanol–water partition coefficient (Wildman–Crippen LogP) is -0.287. The largest absolute Gasteiger partial charge is 0.379 e. The number of amides is 2. The molecule has 1 aliphatic rings. The van der Waals surface area contributed by atoms with Crippen LogP contribution in [0.4, 0.5) is 5.69 Å². The van der Waals surface area contributed by atoms with Crippen LogP contribution in [0, 0.1) is 0 Å². The Morgan fingerprint density at radius 1 is 1.12 bits per heavy atom. The van der Waals surface area contributed by atoms with Gasteiger partial charge in [0.1, 0.15) is 12.7 Å². The first-order chi connectivity index (χ1) is 12.7. The lowest BCUT2D eigenvalue weighted by Crippen LogP contribution is -2.43. The van der Waals surface area contributed by atoms with Gasteiger partial charge in [0, 0.05) is 31.9 Å². The van der Waals surface area contributed by atoms with Gasteiger partial charge in [0.2, 0.25) is 0 Å². The Morgan fingerprint density at radius 3 is 2.58 bits per heavy atom. The second-order valence-electron chi connectivity index (χ2n) is 5.95. The number of hydrogen-bond acceptors (Lipinski definition) is 6. The molecule has 0 spiro atoms. The van der Waals surface area contributed by atoms with Crippen molar-refractivity contribution in [3.8, 4) is 0 Å². The monoisotopic (exact) mass is 358 g/mol. The molecule has 1 aromatic heterocycles. The van der Waals surface area contributed by atoms with Gasteiger partial charge in [-0.3, -0.25) is 14.5 Å². The van der Waals surface area contributed by atoms with Crippen molar-refractivity contribution in [1.29, 1.82) is 0 Å². The fourth-order valence-corrected chi connectivity index (χ4v) is 2.62. The lowest BCUT2D eigenvalue weighted by atomic mass is 10.2. The summed E-state index contributed by atoms with van der Waals surface area (Å²) < 4.78 is 6.97. The average Bonchev–Trinajstić information content (AvgIpc) is 3.17. The maximum Gasteiger partial charge on any atom is 0.313 e. The first kappa shape index (κ1) is 18.0. The van der Waals surface area contributed by atoms with E-state index in [4.69, 9.17) is 4.74 Å². The number of ether oxygens (including phenoxy) is 1. The summed E-state index contributed by atoms with van der Waals surface area (Å²) in [4.78, 5) is 29.9. The van der Waals surface area contributed by atoms with Crippen LogP contribution in [0.15, 0.2) is 36.9 Å². The number of rotatable bonds is 6. The van der Waals surface area contributed by atoms with E-state index >= 15 is 0 Å². The van der Waals surface area contributed by atoms with Crippen LogP contribution in [0.1, 0.15) is 5.56 Å². The van der Waals surface area contributed by atoms with E-state index in [9.17, 15) is 9.59 Å². The van der Waals surface area contributed by atoms with Crippen LogP contribution in [-0.4, -0.2) is 70.9 Å². The predicted molar refractivity (Wildman–Crippen MR) is 94.5 cm³/mol. The van der Waals surface area contributed by atoms with Crippen molar-refractivity contribution in [1.82, 2.24) is 25.0 Å². The first-order valence-corrected chi connectivity index (χ1v) is 8.51. The van der Waals surface area contributed by atoms with Crippen LogP contribution < -0.4 is 10.6 Å². The van der Waals surface area contributed by atoms with Crippen LogP contribution in [0.2, 0.25) is 0 Å². The quantitative estimate of drug-likeness (QED) is 0.689. The molecule has 2 aromatic rings. The molecular weight excluding hydrogens is 336 g/mol. The number of nitrogens with zero attached hydrogens (tertiary/aromatic N) is 4. The Bertz CT molecular complexity index is 711. The summed E-state index contributed by atoms with van der Waals surface area (Å²) in [6.45, 7) is 4.85. The fourth-order valence-electron chi connectivity index (χ4n) is 2.62. The van der Waals surface area contributed by atoms with E-state index in [0.29, 0.717) is 38.5 Å². The fraction of sp³-hybridized carbons (Fsp3) is 0.412. The van der Waals surface area contributed by atoms with E-state index in [0.717, 1.165) is 18.7 Å². The number of carbonyl (C=O) groups excluding carboxylic acids is 2. The van der Waals surface area contributed by atoms with Gasteiger partial charge in [-0.25, -0.2) is 9.67 Å². The SMILES string of the molecule is O=C(NCCN1CCOCC1)C(=O)Nc1ccc(Cn2cncn2)cc1. The third-order valence-electron chi connectivity index (χ3n) is 4.05. The Labute approximate surface area is 151 Å². The third-order valence-corrected chi connectivity index (χ3v) is 4.05. The van der Waals surface area contributed by atoms with Crippen molar-refractivity contribution < 1.29 is 14.3 Å². The molecular formula is C17H22N6O3. The molecule has 0 unspecified atom stereocenters. The van der Waals surface area contributed by atoms with Crippen LogP contribution in [-0.2, 0) is 20.9 Å². The molecule has 26 heavy (non-hydrogen) atoms. The highest BCUT2D eigenvalue weighted by atomic mass is 16.5. The van der Waals surface area contributed by atoms with Crippen molar-refractivity contribution in [2.75, 3.05) is 44.7 Å². The molecule has 0 radical (unpaired) electrons. The number of anilines is 1. The molecule has 1 fully saturated rings. The molecule has 0 bridgehead atoms. The third kappa shape index (κ3) is 5.36. The summed E-state index contributed by atoms with van der Waals surface area (Å²) in [5.41, 5.74) is 1.59. The van der Waals surface area contributed by atoms with E-state index in [2.05, 4.69) is 25.6 Å². The lowest BCUT2D eigenvalue weighted by Gasteiger charge is -2.26. The van der Waals surface area contributed by atoms with Crippen LogP contribution in [0.25, 0.3) is 0 Å². The molecule has 1 saturated heterocycles. The Balaban J connectivity index is 1.41. The van der Waals surface area contributed by atoms with E-state index < -0.39 is 11.8 Å². The molecule has 2 amide bonds.